The molecule has 3 rings (SSSR count). The fourth-order valence-electron chi connectivity index (χ4n) is 3.34. The maximum absolute atomic E-state index is 12.2. The van der Waals surface area contributed by atoms with Crippen molar-refractivity contribution in [3.8, 4) is 0 Å². The minimum absolute atomic E-state index is 0.0464. The van der Waals surface area contributed by atoms with Crippen LogP contribution in [0.3, 0.4) is 0 Å². The van der Waals surface area contributed by atoms with Crippen LogP contribution in [0.15, 0.2) is 6.07 Å². The van der Waals surface area contributed by atoms with E-state index in [1.165, 1.54) is 25.7 Å². The van der Waals surface area contributed by atoms with Crippen LogP contribution in [0.25, 0.3) is 0 Å². The molecule has 2 fully saturated rings. The number of carbonyl (C=O) groups excluding carboxylic acids is 1. The Hall–Kier alpha value is -1.36. The number of hydrogen-bond donors (Lipinski definition) is 3. The third kappa shape index (κ3) is 2.66. The number of rotatable bonds is 3. The van der Waals surface area contributed by atoms with Gasteiger partial charge in [-0.1, -0.05) is 19.8 Å². The van der Waals surface area contributed by atoms with Crippen LogP contribution in [0.4, 0.5) is 5.82 Å². The van der Waals surface area contributed by atoms with Gasteiger partial charge in [0.25, 0.3) is 0 Å². The Labute approximate surface area is 113 Å². The van der Waals surface area contributed by atoms with Crippen LogP contribution >= 0.6 is 0 Å². The number of anilines is 1. The number of aromatic nitrogens is 2. The molecule has 1 aromatic heterocycles. The van der Waals surface area contributed by atoms with Gasteiger partial charge in [-0.15, -0.1) is 0 Å². The Morgan fingerprint density at radius 3 is 3.05 bits per heavy atom. The first-order chi connectivity index (χ1) is 9.26. The number of nitrogens with zero attached hydrogens (tertiary/aromatic N) is 1. The molecule has 3 N–H and O–H groups in total. The monoisotopic (exact) mass is 262 g/mol. The average Bonchev–Trinajstić information content (AvgIpc) is 3.04. The molecule has 0 radical (unpaired) electrons. The summed E-state index contributed by atoms with van der Waals surface area (Å²) in [4.78, 5) is 12.2. The molecule has 5 nitrogen and oxygen atoms in total. The van der Waals surface area contributed by atoms with E-state index in [-0.39, 0.29) is 11.9 Å². The molecule has 0 spiro atoms. The summed E-state index contributed by atoms with van der Waals surface area (Å²) in [6.07, 6.45) is 6.97. The predicted octanol–water partition coefficient (Wildman–Crippen LogP) is 1.83. The number of fused-ring (bicyclic) bond motifs is 1. The first kappa shape index (κ1) is 12.7. The molecule has 1 aliphatic heterocycles. The summed E-state index contributed by atoms with van der Waals surface area (Å²) in [6, 6.07) is 2.41. The summed E-state index contributed by atoms with van der Waals surface area (Å²) in [6.45, 7) is 2.06. The Balaban J connectivity index is 1.58. The van der Waals surface area contributed by atoms with Crippen molar-refractivity contribution in [3.05, 3.63) is 11.8 Å². The number of carbonyl (C=O) groups is 1. The summed E-state index contributed by atoms with van der Waals surface area (Å²) < 4.78 is 0. The fourth-order valence-corrected chi connectivity index (χ4v) is 3.34. The van der Waals surface area contributed by atoms with Gasteiger partial charge >= 0.3 is 0 Å². The van der Waals surface area contributed by atoms with Gasteiger partial charge in [-0.3, -0.25) is 9.89 Å². The van der Waals surface area contributed by atoms with Gasteiger partial charge in [0.1, 0.15) is 0 Å². The summed E-state index contributed by atoms with van der Waals surface area (Å²) in [7, 11) is 0. The van der Waals surface area contributed by atoms with Crippen LogP contribution in [0.2, 0.25) is 0 Å². The molecule has 3 unspecified atom stereocenters. The predicted molar refractivity (Wildman–Crippen MR) is 73.9 cm³/mol. The molecular formula is C14H22N4O. The molecular weight excluding hydrogens is 240 g/mol. The Morgan fingerprint density at radius 1 is 1.47 bits per heavy atom. The van der Waals surface area contributed by atoms with Crippen LogP contribution in [0.1, 0.15) is 44.7 Å². The number of hydrogen-bond acceptors (Lipinski definition) is 3. The minimum Gasteiger partial charge on any atom is -0.308 e. The number of amides is 1. The zero-order valence-corrected chi connectivity index (χ0v) is 11.4. The maximum atomic E-state index is 12.2. The lowest BCUT2D eigenvalue weighted by Crippen LogP contribution is -2.39. The Bertz CT molecular complexity index is 442. The van der Waals surface area contributed by atoms with Crippen LogP contribution < -0.4 is 10.6 Å². The van der Waals surface area contributed by atoms with Gasteiger partial charge in [-0.25, -0.2) is 0 Å². The fraction of sp³-hybridized carbons (Fsp3) is 0.714. The van der Waals surface area contributed by atoms with Gasteiger partial charge in [-0.05, 0) is 31.6 Å². The van der Waals surface area contributed by atoms with E-state index in [0.29, 0.717) is 17.8 Å². The van der Waals surface area contributed by atoms with Crippen molar-refractivity contribution in [2.75, 3.05) is 5.32 Å². The van der Waals surface area contributed by atoms with E-state index in [2.05, 4.69) is 27.8 Å². The van der Waals surface area contributed by atoms with E-state index in [4.69, 9.17) is 0 Å². The average molecular weight is 262 g/mol. The molecule has 0 bridgehead atoms. The van der Waals surface area contributed by atoms with Crippen LogP contribution in [0, 0.1) is 5.92 Å². The van der Waals surface area contributed by atoms with Crippen molar-refractivity contribution in [1.82, 2.24) is 15.5 Å². The molecule has 3 atom stereocenters. The molecule has 5 heteroatoms. The van der Waals surface area contributed by atoms with Crippen molar-refractivity contribution in [3.63, 3.8) is 0 Å². The molecule has 2 aliphatic rings. The van der Waals surface area contributed by atoms with Gasteiger partial charge in [0.05, 0.1) is 6.04 Å². The van der Waals surface area contributed by atoms with E-state index in [1.54, 1.807) is 0 Å². The number of H-pyrrole nitrogens is 1. The molecule has 1 saturated carbocycles. The molecule has 1 saturated heterocycles. The van der Waals surface area contributed by atoms with E-state index in [9.17, 15) is 4.79 Å². The summed E-state index contributed by atoms with van der Waals surface area (Å²) in [5.41, 5.74) is 1.04. The summed E-state index contributed by atoms with van der Waals surface area (Å²) in [5.74, 6) is 1.39. The highest BCUT2D eigenvalue weighted by Gasteiger charge is 2.38. The molecule has 0 aromatic carbocycles. The third-order valence-electron chi connectivity index (χ3n) is 4.44. The van der Waals surface area contributed by atoms with Gasteiger partial charge < -0.3 is 10.6 Å². The van der Waals surface area contributed by atoms with Crippen molar-refractivity contribution in [2.45, 2.75) is 57.5 Å². The van der Waals surface area contributed by atoms with E-state index in [1.807, 2.05) is 6.07 Å². The van der Waals surface area contributed by atoms with Gasteiger partial charge in [0.15, 0.2) is 5.82 Å². The lowest BCUT2D eigenvalue weighted by Gasteiger charge is -2.24. The molecule has 1 aromatic rings. The number of aryl methyl sites for hydroxylation is 1. The number of aromatic amines is 1. The van der Waals surface area contributed by atoms with Crippen molar-refractivity contribution < 1.29 is 4.79 Å². The van der Waals surface area contributed by atoms with Crippen LogP contribution in [-0.4, -0.2) is 28.2 Å². The normalized spacial score (nSPS) is 30.1. The van der Waals surface area contributed by atoms with Crippen molar-refractivity contribution in [1.29, 1.82) is 0 Å². The summed E-state index contributed by atoms with van der Waals surface area (Å²) >= 11 is 0. The van der Waals surface area contributed by atoms with Gasteiger partial charge in [-0.2, -0.15) is 5.10 Å². The highest BCUT2D eigenvalue weighted by molar-refractivity contribution is 5.94. The molecule has 2 heterocycles. The second-order valence-corrected chi connectivity index (χ2v) is 5.73. The highest BCUT2D eigenvalue weighted by atomic mass is 16.2. The second kappa shape index (κ2) is 5.33. The van der Waals surface area contributed by atoms with Gasteiger partial charge in [0, 0.05) is 17.8 Å². The quantitative estimate of drug-likeness (QED) is 0.778. The summed E-state index contributed by atoms with van der Waals surface area (Å²) in [5, 5.41) is 13.4. The van der Waals surface area contributed by atoms with Crippen LogP contribution in [0.5, 0.6) is 0 Å². The zero-order chi connectivity index (χ0) is 13.2. The first-order valence-corrected chi connectivity index (χ1v) is 7.37. The standard InChI is InChI=1S/C14H22N4O/c1-2-10-8-13(18-17-10)16-14(19)12-7-9-5-3-4-6-11(9)15-12/h8-9,11-12,15H,2-7H2,1H3,(H2,16,17,18,19). The molecule has 104 valence electrons. The van der Waals surface area contributed by atoms with Crippen molar-refractivity contribution in [2.24, 2.45) is 5.92 Å². The topological polar surface area (TPSA) is 69.8 Å². The molecule has 19 heavy (non-hydrogen) atoms. The Kier molecular flexibility index (Phi) is 3.55. The molecule has 1 aliphatic carbocycles. The maximum Gasteiger partial charge on any atom is 0.242 e. The lowest BCUT2D eigenvalue weighted by atomic mass is 9.85. The molecule has 1 amide bonds. The van der Waals surface area contributed by atoms with Gasteiger partial charge in [0.2, 0.25) is 5.91 Å². The zero-order valence-electron chi connectivity index (χ0n) is 11.4. The van der Waals surface area contributed by atoms with E-state index >= 15 is 0 Å². The third-order valence-corrected chi connectivity index (χ3v) is 4.44. The SMILES string of the molecule is CCc1cc(NC(=O)C2CC3CCCCC3N2)n[nH]1. The highest BCUT2D eigenvalue weighted by Crippen LogP contribution is 2.33. The number of nitrogens with one attached hydrogen (secondary N) is 3. The smallest absolute Gasteiger partial charge is 0.242 e. The first-order valence-electron chi connectivity index (χ1n) is 7.37. The Morgan fingerprint density at radius 2 is 2.32 bits per heavy atom. The minimum atomic E-state index is -0.0464. The van der Waals surface area contributed by atoms with Crippen molar-refractivity contribution >= 4 is 11.7 Å². The second-order valence-electron chi connectivity index (χ2n) is 5.73. The van der Waals surface area contributed by atoms with Crippen LogP contribution in [-0.2, 0) is 11.2 Å². The lowest BCUT2D eigenvalue weighted by molar-refractivity contribution is -0.117. The largest absolute Gasteiger partial charge is 0.308 e. The van der Waals surface area contributed by atoms with E-state index < -0.39 is 0 Å². The van der Waals surface area contributed by atoms with E-state index in [0.717, 1.165) is 18.5 Å².